The summed E-state index contributed by atoms with van der Waals surface area (Å²) in [6.07, 6.45) is 6.87. The second kappa shape index (κ2) is 11.8. The quantitative estimate of drug-likeness (QED) is 0.654. The zero-order valence-corrected chi connectivity index (χ0v) is 20.0. The molecule has 1 amide bonds. The van der Waals surface area contributed by atoms with Gasteiger partial charge in [-0.3, -0.25) is 14.7 Å². The Bertz CT molecular complexity index is 986. The lowest BCUT2D eigenvalue weighted by Crippen LogP contribution is -2.49. The summed E-state index contributed by atoms with van der Waals surface area (Å²) in [5, 5.41) is 9.80. The van der Waals surface area contributed by atoms with Crippen molar-refractivity contribution >= 4 is 5.91 Å². The number of aromatic nitrogens is 2. The Morgan fingerprint density at radius 1 is 1.39 bits per heavy atom. The molecule has 0 saturated heterocycles. The number of rotatable bonds is 7. The highest BCUT2D eigenvalue weighted by molar-refractivity contribution is 5.97. The SMILES string of the molecule is CCCC#Cc1cnc2c(c1)C(=O)N([C@H](C)CO)C[C@H](C)[C@@H](CN(C)Cc1cccnc1)O2. The topological polar surface area (TPSA) is 78.8 Å². The van der Waals surface area contributed by atoms with E-state index in [4.69, 9.17) is 4.74 Å². The maximum Gasteiger partial charge on any atom is 0.259 e. The van der Waals surface area contributed by atoms with Gasteiger partial charge in [0.2, 0.25) is 5.88 Å². The minimum atomic E-state index is -0.311. The van der Waals surface area contributed by atoms with E-state index in [0.717, 1.165) is 24.9 Å². The van der Waals surface area contributed by atoms with Crippen molar-refractivity contribution in [1.29, 1.82) is 0 Å². The predicted octanol–water partition coefficient (Wildman–Crippen LogP) is 2.98. The van der Waals surface area contributed by atoms with Crippen molar-refractivity contribution in [3.8, 4) is 17.7 Å². The van der Waals surface area contributed by atoms with Crippen molar-refractivity contribution < 1.29 is 14.6 Å². The van der Waals surface area contributed by atoms with Gasteiger partial charge in [-0.2, -0.15) is 0 Å². The number of ether oxygens (including phenoxy) is 1. The Morgan fingerprint density at radius 3 is 2.91 bits per heavy atom. The molecule has 7 heteroatoms. The highest BCUT2D eigenvalue weighted by Crippen LogP contribution is 2.27. The largest absolute Gasteiger partial charge is 0.472 e. The molecule has 3 rings (SSSR count). The normalized spacial score (nSPS) is 19.1. The molecule has 7 nitrogen and oxygen atoms in total. The molecule has 2 aromatic heterocycles. The molecule has 33 heavy (non-hydrogen) atoms. The lowest BCUT2D eigenvalue weighted by atomic mass is 9.99. The zero-order chi connectivity index (χ0) is 23.8. The van der Waals surface area contributed by atoms with Gasteiger partial charge in [-0.05, 0) is 38.1 Å². The third kappa shape index (κ3) is 6.53. The number of hydrogen-bond acceptors (Lipinski definition) is 6. The van der Waals surface area contributed by atoms with E-state index in [1.165, 1.54) is 0 Å². The van der Waals surface area contributed by atoms with Gasteiger partial charge in [0.15, 0.2) is 0 Å². The number of amides is 1. The van der Waals surface area contributed by atoms with E-state index in [0.29, 0.717) is 30.1 Å². The fraction of sp³-hybridized carbons (Fsp3) is 0.500. The molecular formula is C26H34N4O3. The van der Waals surface area contributed by atoms with Gasteiger partial charge in [-0.25, -0.2) is 4.98 Å². The molecule has 2 aromatic rings. The first-order valence-electron chi connectivity index (χ1n) is 11.6. The maximum absolute atomic E-state index is 13.4. The Morgan fingerprint density at radius 2 is 2.21 bits per heavy atom. The van der Waals surface area contributed by atoms with Gasteiger partial charge in [-0.15, -0.1) is 0 Å². The van der Waals surface area contributed by atoms with Crippen LogP contribution in [0.1, 0.15) is 55.1 Å². The van der Waals surface area contributed by atoms with E-state index in [1.807, 2.05) is 32.3 Å². The summed E-state index contributed by atoms with van der Waals surface area (Å²) in [4.78, 5) is 26.0. The van der Waals surface area contributed by atoms with Crippen LogP contribution >= 0.6 is 0 Å². The first kappa shape index (κ1) is 24.7. The molecule has 1 N–H and O–H groups in total. The molecule has 0 radical (unpaired) electrons. The molecule has 3 atom stereocenters. The standard InChI is InChI=1S/C26H34N4O3/c1-5-6-7-9-21-12-23-25(28-14-21)33-24(17-29(4)16-22-10-8-11-27-13-22)19(2)15-30(26(23)32)20(3)18-31/h8,10-14,19-20,24,31H,5-6,15-18H2,1-4H3/t19-,20+,24+/m0/s1. The second-order valence-corrected chi connectivity index (χ2v) is 8.81. The van der Waals surface area contributed by atoms with Gasteiger partial charge >= 0.3 is 0 Å². The molecule has 0 aromatic carbocycles. The van der Waals surface area contributed by atoms with Crippen LogP contribution in [0.2, 0.25) is 0 Å². The van der Waals surface area contributed by atoms with Gasteiger partial charge < -0.3 is 14.7 Å². The van der Waals surface area contributed by atoms with E-state index in [1.54, 1.807) is 23.4 Å². The van der Waals surface area contributed by atoms with E-state index in [2.05, 4.69) is 40.6 Å². The summed E-state index contributed by atoms with van der Waals surface area (Å²) in [6.45, 7) is 7.77. The van der Waals surface area contributed by atoms with E-state index in [-0.39, 0.29) is 30.6 Å². The summed E-state index contributed by atoms with van der Waals surface area (Å²) in [5.41, 5.74) is 2.21. The van der Waals surface area contributed by atoms with Crippen LogP contribution in [0.15, 0.2) is 36.8 Å². The third-order valence-corrected chi connectivity index (χ3v) is 5.80. The van der Waals surface area contributed by atoms with Crippen molar-refractivity contribution in [2.24, 2.45) is 5.92 Å². The van der Waals surface area contributed by atoms with Crippen LogP contribution in [0, 0.1) is 17.8 Å². The second-order valence-electron chi connectivity index (χ2n) is 8.81. The fourth-order valence-electron chi connectivity index (χ4n) is 3.85. The van der Waals surface area contributed by atoms with Crippen molar-refractivity contribution in [2.75, 3.05) is 26.7 Å². The smallest absolute Gasteiger partial charge is 0.259 e. The van der Waals surface area contributed by atoms with Gasteiger partial charge in [0.05, 0.1) is 12.6 Å². The number of aliphatic hydroxyl groups is 1. The number of unbranched alkanes of at least 4 members (excludes halogenated alkanes) is 1. The Balaban J connectivity index is 1.89. The van der Waals surface area contributed by atoms with E-state index < -0.39 is 0 Å². The minimum Gasteiger partial charge on any atom is -0.472 e. The Labute approximate surface area is 196 Å². The van der Waals surface area contributed by atoms with Gasteiger partial charge in [0, 0.05) is 56.1 Å². The van der Waals surface area contributed by atoms with Gasteiger partial charge in [0.1, 0.15) is 11.7 Å². The monoisotopic (exact) mass is 450 g/mol. The summed E-state index contributed by atoms with van der Waals surface area (Å²) in [5.74, 6) is 6.37. The zero-order valence-electron chi connectivity index (χ0n) is 20.0. The van der Waals surface area contributed by atoms with Crippen LogP contribution in [0.3, 0.4) is 0 Å². The summed E-state index contributed by atoms with van der Waals surface area (Å²) >= 11 is 0. The number of carbonyl (C=O) groups excluding carboxylic acids is 1. The molecule has 0 saturated carbocycles. The van der Waals surface area contributed by atoms with Crippen molar-refractivity contribution in [3.63, 3.8) is 0 Å². The van der Waals surface area contributed by atoms with E-state index >= 15 is 0 Å². The number of aliphatic hydroxyl groups excluding tert-OH is 1. The van der Waals surface area contributed by atoms with Crippen molar-refractivity contribution in [3.05, 3.63) is 53.5 Å². The molecule has 0 aliphatic carbocycles. The minimum absolute atomic E-state index is 0.0401. The molecule has 0 spiro atoms. The molecule has 1 aliphatic heterocycles. The van der Waals surface area contributed by atoms with Crippen LogP contribution in [-0.2, 0) is 6.54 Å². The first-order chi connectivity index (χ1) is 15.9. The summed E-state index contributed by atoms with van der Waals surface area (Å²) in [7, 11) is 2.04. The third-order valence-electron chi connectivity index (χ3n) is 5.80. The average molecular weight is 451 g/mol. The highest BCUT2D eigenvalue weighted by atomic mass is 16.5. The molecule has 0 fully saturated rings. The predicted molar refractivity (Wildman–Crippen MR) is 128 cm³/mol. The highest BCUT2D eigenvalue weighted by Gasteiger charge is 2.34. The first-order valence-corrected chi connectivity index (χ1v) is 11.6. The lowest BCUT2D eigenvalue weighted by molar-refractivity contribution is 0.0325. The Hall–Kier alpha value is -2.95. The Kier molecular flexibility index (Phi) is 8.81. The van der Waals surface area contributed by atoms with Gasteiger partial charge in [0.25, 0.3) is 5.91 Å². The number of pyridine rings is 2. The summed E-state index contributed by atoms with van der Waals surface area (Å²) in [6, 6.07) is 5.43. The van der Waals surface area contributed by atoms with Crippen LogP contribution < -0.4 is 4.74 Å². The number of fused-ring (bicyclic) bond motifs is 1. The number of nitrogens with zero attached hydrogens (tertiary/aromatic N) is 4. The molecular weight excluding hydrogens is 416 g/mol. The van der Waals surface area contributed by atoms with Crippen molar-refractivity contribution in [1.82, 2.24) is 19.8 Å². The van der Waals surface area contributed by atoms with Crippen LogP contribution in [0.5, 0.6) is 5.88 Å². The molecule has 0 unspecified atom stereocenters. The van der Waals surface area contributed by atoms with E-state index in [9.17, 15) is 9.90 Å². The summed E-state index contributed by atoms with van der Waals surface area (Å²) < 4.78 is 6.34. The average Bonchev–Trinajstić information content (AvgIpc) is 2.82. The molecule has 176 valence electrons. The van der Waals surface area contributed by atoms with Crippen molar-refractivity contribution in [2.45, 2.75) is 52.3 Å². The fourth-order valence-corrected chi connectivity index (χ4v) is 3.85. The maximum atomic E-state index is 13.4. The number of carbonyl (C=O) groups is 1. The van der Waals surface area contributed by atoms with Crippen LogP contribution in [-0.4, -0.2) is 69.7 Å². The van der Waals surface area contributed by atoms with Crippen LogP contribution in [0.4, 0.5) is 0 Å². The molecule has 3 heterocycles. The van der Waals surface area contributed by atoms with Crippen LogP contribution in [0.25, 0.3) is 0 Å². The number of hydrogen-bond donors (Lipinski definition) is 1. The molecule has 0 bridgehead atoms. The lowest BCUT2D eigenvalue weighted by Gasteiger charge is -2.37. The number of likely N-dealkylation sites (N-methyl/N-ethyl adjacent to an activating group) is 1. The molecule has 1 aliphatic rings. The van der Waals surface area contributed by atoms with Gasteiger partial charge in [-0.1, -0.05) is 31.8 Å².